The summed E-state index contributed by atoms with van der Waals surface area (Å²) in [6.07, 6.45) is 0. The maximum absolute atomic E-state index is 12.1. The number of nitrogens with two attached hydrogens (primary N) is 1. The standard InChI is InChI=1S/C14H14BrN3O/c1-8-3-4-10(7-11(8)16)14(19)18-12-5-6-13(15)17-9(12)2/h3-7H,16H2,1-2H3,(H,18,19). The number of carbonyl (C=O) groups is 1. The van der Waals surface area contributed by atoms with Gasteiger partial charge in [-0.3, -0.25) is 4.79 Å². The van der Waals surface area contributed by atoms with Crippen LogP contribution in [0.15, 0.2) is 34.9 Å². The third-order valence-electron chi connectivity index (χ3n) is 2.84. The van der Waals surface area contributed by atoms with E-state index >= 15 is 0 Å². The maximum atomic E-state index is 12.1. The molecular formula is C14H14BrN3O. The molecule has 0 bridgehead atoms. The van der Waals surface area contributed by atoms with Gasteiger partial charge in [0.15, 0.2) is 0 Å². The van der Waals surface area contributed by atoms with Crippen LogP contribution in [-0.4, -0.2) is 10.9 Å². The lowest BCUT2D eigenvalue weighted by atomic mass is 10.1. The molecule has 0 saturated carbocycles. The average molecular weight is 320 g/mol. The number of nitrogens with zero attached hydrogens (tertiary/aromatic N) is 1. The average Bonchev–Trinajstić information content (AvgIpc) is 2.36. The molecule has 0 spiro atoms. The SMILES string of the molecule is Cc1ccc(C(=O)Nc2ccc(Br)nc2C)cc1N. The van der Waals surface area contributed by atoms with E-state index < -0.39 is 0 Å². The van der Waals surface area contributed by atoms with Crippen LogP contribution in [0.4, 0.5) is 11.4 Å². The molecule has 0 unspecified atom stereocenters. The van der Waals surface area contributed by atoms with Crippen molar-refractivity contribution >= 4 is 33.2 Å². The van der Waals surface area contributed by atoms with Crippen LogP contribution in [0.2, 0.25) is 0 Å². The topological polar surface area (TPSA) is 68.0 Å². The molecule has 0 aliphatic rings. The fraction of sp³-hybridized carbons (Fsp3) is 0.143. The third kappa shape index (κ3) is 3.12. The second kappa shape index (κ2) is 5.40. The number of halogens is 1. The molecule has 4 nitrogen and oxygen atoms in total. The zero-order valence-corrected chi connectivity index (χ0v) is 12.3. The molecule has 0 saturated heterocycles. The van der Waals surface area contributed by atoms with Gasteiger partial charge in [-0.25, -0.2) is 4.98 Å². The van der Waals surface area contributed by atoms with Crippen molar-refractivity contribution in [1.82, 2.24) is 4.98 Å². The molecule has 0 radical (unpaired) electrons. The second-order valence-electron chi connectivity index (χ2n) is 4.29. The van der Waals surface area contributed by atoms with E-state index in [1.165, 1.54) is 0 Å². The molecule has 19 heavy (non-hydrogen) atoms. The number of rotatable bonds is 2. The largest absolute Gasteiger partial charge is 0.398 e. The van der Waals surface area contributed by atoms with E-state index in [1.54, 1.807) is 18.2 Å². The fourth-order valence-electron chi connectivity index (χ4n) is 1.64. The van der Waals surface area contributed by atoms with Crippen molar-refractivity contribution in [3.05, 3.63) is 51.8 Å². The molecule has 1 aromatic heterocycles. The predicted molar refractivity (Wildman–Crippen MR) is 80.2 cm³/mol. The first-order chi connectivity index (χ1) is 8.97. The van der Waals surface area contributed by atoms with Crippen LogP contribution in [-0.2, 0) is 0 Å². The lowest BCUT2D eigenvalue weighted by Gasteiger charge is -2.09. The zero-order valence-electron chi connectivity index (χ0n) is 10.7. The van der Waals surface area contributed by atoms with Gasteiger partial charge in [0.25, 0.3) is 5.91 Å². The summed E-state index contributed by atoms with van der Waals surface area (Å²) in [5.74, 6) is -0.195. The van der Waals surface area contributed by atoms with E-state index in [2.05, 4.69) is 26.2 Å². The van der Waals surface area contributed by atoms with E-state index in [1.807, 2.05) is 26.0 Å². The highest BCUT2D eigenvalue weighted by Crippen LogP contribution is 2.18. The zero-order chi connectivity index (χ0) is 14.0. The van der Waals surface area contributed by atoms with E-state index in [9.17, 15) is 4.79 Å². The lowest BCUT2D eigenvalue weighted by molar-refractivity contribution is 0.102. The molecule has 0 aliphatic carbocycles. The number of hydrogen-bond donors (Lipinski definition) is 2. The van der Waals surface area contributed by atoms with Gasteiger partial charge < -0.3 is 11.1 Å². The van der Waals surface area contributed by atoms with Gasteiger partial charge >= 0.3 is 0 Å². The smallest absolute Gasteiger partial charge is 0.255 e. The first-order valence-electron chi connectivity index (χ1n) is 5.78. The number of anilines is 2. The van der Waals surface area contributed by atoms with Crippen molar-refractivity contribution in [3.8, 4) is 0 Å². The molecule has 2 aromatic rings. The molecule has 0 atom stereocenters. The van der Waals surface area contributed by atoms with Gasteiger partial charge in [-0.05, 0) is 59.6 Å². The van der Waals surface area contributed by atoms with Gasteiger partial charge in [0.2, 0.25) is 0 Å². The summed E-state index contributed by atoms with van der Waals surface area (Å²) >= 11 is 3.28. The second-order valence-corrected chi connectivity index (χ2v) is 5.10. The lowest BCUT2D eigenvalue weighted by Crippen LogP contribution is -2.13. The number of nitrogens with one attached hydrogen (secondary N) is 1. The summed E-state index contributed by atoms with van der Waals surface area (Å²) in [7, 11) is 0. The monoisotopic (exact) mass is 319 g/mol. The summed E-state index contributed by atoms with van der Waals surface area (Å²) in [6.45, 7) is 3.74. The van der Waals surface area contributed by atoms with Crippen molar-refractivity contribution in [2.45, 2.75) is 13.8 Å². The summed E-state index contributed by atoms with van der Waals surface area (Å²) < 4.78 is 0.738. The number of amides is 1. The Balaban J connectivity index is 2.23. The highest BCUT2D eigenvalue weighted by atomic mass is 79.9. The minimum Gasteiger partial charge on any atom is -0.398 e. The van der Waals surface area contributed by atoms with Crippen LogP contribution >= 0.6 is 15.9 Å². The van der Waals surface area contributed by atoms with Gasteiger partial charge in [-0.15, -0.1) is 0 Å². The van der Waals surface area contributed by atoms with Gasteiger partial charge in [-0.1, -0.05) is 6.07 Å². The molecule has 1 amide bonds. The number of carbonyl (C=O) groups excluding carboxylic acids is 1. The number of benzene rings is 1. The summed E-state index contributed by atoms with van der Waals surface area (Å²) in [6, 6.07) is 8.85. The van der Waals surface area contributed by atoms with Gasteiger partial charge in [0.1, 0.15) is 4.60 Å². The summed E-state index contributed by atoms with van der Waals surface area (Å²) in [5, 5.41) is 2.82. The molecule has 0 fully saturated rings. The van der Waals surface area contributed by atoms with Gasteiger partial charge in [-0.2, -0.15) is 0 Å². The Kier molecular flexibility index (Phi) is 3.85. The van der Waals surface area contributed by atoms with Crippen LogP contribution in [0.25, 0.3) is 0 Å². The Morgan fingerprint density at radius 2 is 2.00 bits per heavy atom. The minimum absolute atomic E-state index is 0.195. The van der Waals surface area contributed by atoms with E-state index in [0.717, 1.165) is 15.9 Å². The van der Waals surface area contributed by atoms with Crippen molar-refractivity contribution in [1.29, 1.82) is 0 Å². The van der Waals surface area contributed by atoms with Gasteiger partial charge in [0, 0.05) is 11.3 Å². The first-order valence-corrected chi connectivity index (χ1v) is 6.57. The number of aryl methyl sites for hydroxylation is 2. The molecule has 1 heterocycles. The molecular weight excluding hydrogens is 306 g/mol. The third-order valence-corrected chi connectivity index (χ3v) is 3.28. The molecule has 3 N–H and O–H groups in total. The number of aromatic nitrogens is 1. The Morgan fingerprint density at radius 1 is 1.26 bits per heavy atom. The molecule has 0 aliphatic heterocycles. The van der Waals surface area contributed by atoms with Crippen molar-refractivity contribution in [2.24, 2.45) is 0 Å². The van der Waals surface area contributed by atoms with E-state index in [4.69, 9.17) is 5.73 Å². The van der Waals surface area contributed by atoms with Crippen molar-refractivity contribution in [2.75, 3.05) is 11.1 Å². The Bertz CT molecular complexity index is 641. The highest BCUT2D eigenvalue weighted by Gasteiger charge is 2.09. The molecule has 98 valence electrons. The Labute approximate surface area is 120 Å². The number of pyridine rings is 1. The Hall–Kier alpha value is -1.88. The fourth-order valence-corrected chi connectivity index (χ4v) is 2.04. The van der Waals surface area contributed by atoms with Crippen LogP contribution in [0.1, 0.15) is 21.6 Å². The highest BCUT2D eigenvalue weighted by molar-refractivity contribution is 9.10. The first kappa shape index (κ1) is 13.5. The van der Waals surface area contributed by atoms with Crippen LogP contribution in [0.5, 0.6) is 0 Å². The van der Waals surface area contributed by atoms with Crippen LogP contribution < -0.4 is 11.1 Å². The van der Waals surface area contributed by atoms with Crippen LogP contribution in [0, 0.1) is 13.8 Å². The normalized spacial score (nSPS) is 10.3. The number of hydrogen-bond acceptors (Lipinski definition) is 3. The quantitative estimate of drug-likeness (QED) is 0.659. The predicted octanol–water partition coefficient (Wildman–Crippen LogP) is 3.30. The number of nitrogen functional groups attached to an aromatic ring is 1. The van der Waals surface area contributed by atoms with Crippen molar-refractivity contribution < 1.29 is 4.79 Å². The van der Waals surface area contributed by atoms with Crippen LogP contribution in [0.3, 0.4) is 0 Å². The molecule has 1 aromatic carbocycles. The summed E-state index contributed by atoms with van der Waals surface area (Å²) in [5.41, 5.74) is 9.34. The van der Waals surface area contributed by atoms with E-state index in [-0.39, 0.29) is 5.91 Å². The van der Waals surface area contributed by atoms with E-state index in [0.29, 0.717) is 16.9 Å². The Morgan fingerprint density at radius 3 is 2.63 bits per heavy atom. The maximum Gasteiger partial charge on any atom is 0.255 e. The minimum atomic E-state index is -0.195. The van der Waals surface area contributed by atoms with Crippen molar-refractivity contribution in [3.63, 3.8) is 0 Å². The molecule has 2 rings (SSSR count). The van der Waals surface area contributed by atoms with Gasteiger partial charge in [0.05, 0.1) is 11.4 Å². The summed E-state index contributed by atoms with van der Waals surface area (Å²) in [4.78, 5) is 16.3. The molecule has 5 heteroatoms.